The summed E-state index contributed by atoms with van der Waals surface area (Å²) < 4.78 is 44.7. The van der Waals surface area contributed by atoms with Crippen LogP contribution in [0, 0.1) is 10.1 Å². The van der Waals surface area contributed by atoms with Gasteiger partial charge in [0.2, 0.25) is 0 Å². The minimum Gasteiger partial charge on any atom is -0.258 e. The van der Waals surface area contributed by atoms with Crippen LogP contribution in [0.5, 0.6) is 0 Å². The van der Waals surface area contributed by atoms with E-state index in [1.165, 1.54) is 0 Å². The molecule has 0 radical (unpaired) electrons. The fraction of sp³-hybridized carbons (Fsp3) is 0.143. The van der Waals surface area contributed by atoms with Gasteiger partial charge in [0.25, 0.3) is 23.4 Å². The van der Waals surface area contributed by atoms with Crippen molar-refractivity contribution in [3.05, 3.63) is 34.4 Å². The maximum Gasteiger partial charge on any atom is 0.281 e. The van der Waals surface area contributed by atoms with Gasteiger partial charge in [-0.2, -0.15) is 0 Å². The Hall–Kier alpha value is -1.48. The second kappa shape index (κ2) is 3.83. The highest BCUT2D eigenvalue weighted by Crippen LogP contribution is 2.19. The summed E-state index contributed by atoms with van der Waals surface area (Å²) in [6, 6.07) is 3.62. The highest BCUT2D eigenvalue weighted by molar-refractivity contribution is 8.66. The Labute approximate surface area is 91.1 Å². The van der Waals surface area contributed by atoms with Gasteiger partial charge < -0.3 is 0 Å². The third-order valence-corrected chi connectivity index (χ3v) is 6.35. The van der Waals surface area contributed by atoms with Crippen LogP contribution in [0.4, 0.5) is 5.69 Å². The van der Waals surface area contributed by atoms with E-state index in [1.54, 1.807) is 0 Å². The van der Waals surface area contributed by atoms with E-state index in [2.05, 4.69) is 0 Å². The Morgan fingerprint density at radius 2 is 1.50 bits per heavy atom. The predicted molar refractivity (Wildman–Crippen MR) is 55.1 cm³/mol. The molecular formula is C7H7NO6S2. The predicted octanol–water partition coefficient (Wildman–Crippen LogP) is 0.328. The molecule has 0 heterocycles. The first-order valence-electron chi connectivity index (χ1n) is 3.86. The van der Waals surface area contributed by atoms with Crippen LogP contribution in [0.25, 0.3) is 0 Å². The number of nitrogens with zero attached hydrogens (tertiary/aromatic N) is 1. The van der Waals surface area contributed by atoms with Crippen LogP contribution < -0.4 is 0 Å². The molecule has 0 unspecified atom stereocenters. The molecule has 0 N–H and O–H groups in total. The van der Waals surface area contributed by atoms with Gasteiger partial charge in [0.05, 0.1) is 16.1 Å². The Morgan fingerprint density at radius 3 is 1.81 bits per heavy atom. The van der Waals surface area contributed by atoms with E-state index in [4.69, 9.17) is 0 Å². The summed E-state index contributed by atoms with van der Waals surface area (Å²) in [6.45, 7) is 0. The zero-order chi connectivity index (χ0) is 12.6. The Bertz CT molecular complexity index is 613. The molecule has 0 aliphatic heterocycles. The molecule has 0 bridgehead atoms. The van der Waals surface area contributed by atoms with Gasteiger partial charge in [0.15, 0.2) is 0 Å². The molecule has 0 spiro atoms. The first kappa shape index (κ1) is 12.6. The van der Waals surface area contributed by atoms with E-state index in [9.17, 15) is 26.9 Å². The second-order valence-electron chi connectivity index (χ2n) is 2.91. The summed E-state index contributed by atoms with van der Waals surface area (Å²) in [5.41, 5.74) is -0.313. The maximum absolute atomic E-state index is 11.4. The zero-order valence-electron chi connectivity index (χ0n) is 8.02. The Kier molecular flexibility index (Phi) is 3.01. The molecule has 0 amide bonds. The monoisotopic (exact) mass is 265 g/mol. The van der Waals surface area contributed by atoms with Gasteiger partial charge in [0.1, 0.15) is 0 Å². The highest BCUT2D eigenvalue weighted by Gasteiger charge is 2.27. The van der Waals surface area contributed by atoms with E-state index < -0.39 is 27.6 Å². The number of hydrogen-bond donors (Lipinski definition) is 0. The minimum absolute atomic E-state index is 0.313. The SMILES string of the molecule is CS(=O)(=O)S(=O)(=O)c1ccc([N+](=O)[O-])cc1. The van der Waals surface area contributed by atoms with Crippen LogP contribution in [-0.4, -0.2) is 28.0 Å². The fourth-order valence-electron chi connectivity index (χ4n) is 0.909. The number of non-ortho nitro benzene ring substituents is 1. The van der Waals surface area contributed by atoms with E-state index in [0.29, 0.717) is 6.26 Å². The summed E-state index contributed by atoms with van der Waals surface area (Å²) in [4.78, 5) is 9.10. The molecule has 1 aromatic carbocycles. The molecule has 0 atom stereocenters. The van der Waals surface area contributed by atoms with Crippen LogP contribution >= 0.6 is 0 Å². The molecule has 88 valence electrons. The van der Waals surface area contributed by atoms with Gasteiger partial charge in [0, 0.05) is 12.1 Å². The van der Waals surface area contributed by atoms with Crippen LogP contribution in [-0.2, 0) is 17.7 Å². The molecule has 0 aliphatic carbocycles. The lowest BCUT2D eigenvalue weighted by atomic mass is 10.3. The summed E-state index contributed by atoms with van der Waals surface area (Å²) in [6.07, 6.45) is 0.559. The summed E-state index contributed by atoms with van der Waals surface area (Å²) in [5, 5.41) is 10.3. The lowest BCUT2D eigenvalue weighted by Crippen LogP contribution is -2.13. The van der Waals surface area contributed by atoms with E-state index in [-0.39, 0.29) is 5.69 Å². The Balaban J connectivity index is 3.34. The number of nitro groups is 1. The van der Waals surface area contributed by atoms with Crippen molar-refractivity contribution in [2.45, 2.75) is 4.90 Å². The van der Waals surface area contributed by atoms with Crippen molar-refractivity contribution in [1.29, 1.82) is 0 Å². The van der Waals surface area contributed by atoms with Gasteiger partial charge in [-0.25, -0.2) is 16.8 Å². The van der Waals surface area contributed by atoms with Crippen molar-refractivity contribution in [3.63, 3.8) is 0 Å². The van der Waals surface area contributed by atoms with Crippen molar-refractivity contribution in [2.75, 3.05) is 6.26 Å². The van der Waals surface area contributed by atoms with Crippen molar-refractivity contribution < 1.29 is 21.8 Å². The first-order valence-corrected chi connectivity index (χ1v) is 7.75. The highest BCUT2D eigenvalue weighted by atomic mass is 33.2. The number of nitro benzene ring substituents is 1. The molecule has 0 aliphatic rings. The molecule has 0 saturated heterocycles. The molecule has 7 nitrogen and oxygen atoms in total. The topological polar surface area (TPSA) is 111 Å². The smallest absolute Gasteiger partial charge is 0.258 e. The van der Waals surface area contributed by atoms with Crippen LogP contribution in [0.1, 0.15) is 0 Å². The average molecular weight is 265 g/mol. The van der Waals surface area contributed by atoms with Crippen LogP contribution in [0.2, 0.25) is 0 Å². The molecule has 16 heavy (non-hydrogen) atoms. The first-order chi connectivity index (χ1) is 7.16. The van der Waals surface area contributed by atoms with Crippen molar-refractivity contribution in [1.82, 2.24) is 0 Å². The minimum atomic E-state index is -4.47. The largest absolute Gasteiger partial charge is 0.281 e. The van der Waals surface area contributed by atoms with E-state index in [1.807, 2.05) is 0 Å². The van der Waals surface area contributed by atoms with Crippen LogP contribution in [0.3, 0.4) is 0 Å². The molecule has 0 fully saturated rings. The van der Waals surface area contributed by atoms with Crippen molar-refractivity contribution >= 4 is 23.4 Å². The molecule has 1 aromatic rings. The lowest BCUT2D eigenvalue weighted by Gasteiger charge is -2.00. The summed E-state index contributed by atoms with van der Waals surface area (Å²) >= 11 is 0. The maximum atomic E-state index is 11.4. The number of benzene rings is 1. The molecular weight excluding hydrogens is 258 g/mol. The Morgan fingerprint density at radius 1 is 1.06 bits per heavy atom. The average Bonchev–Trinajstić information content (AvgIpc) is 2.16. The van der Waals surface area contributed by atoms with Gasteiger partial charge in [-0.15, -0.1) is 0 Å². The fourth-order valence-corrected chi connectivity index (χ4v) is 3.11. The third kappa shape index (κ3) is 2.19. The van der Waals surface area contributed by atoms with Crippen molar-refractivity contribution in [3.8, 4) is 0 Å². The lowest BCUT2D eigenvalue weighted by molar-refractivity contribution is -0.384. The van der Waals surface area contributed by atoms with Gasteiger partial charge in [-0.1, -0.05) is 0 Å². The quantitative estimate of drug-likeness (QED) is 0.442. The third-order valence-electron chi connectivity index (χ3n) is 1.73. The molecule has 0 saturated carbocycles. The number of hydrogen-bond acceptors (Lipinski definition) is 6. The van der Waals surface area contributed by atoms with Crippen LogP contribution in [0.15, 0.2) is 29.2 Å². The molecule has 1 rings (SSSR count). The zero-order valence-corrected chi connectivity index (χ0v) is 9.66. The van der Waals surface area contributed by atoms with E-state index >= 15 is 0 Å². The van der Waals surface area contributed by atoms with E-state index in [0.717, 1.165) is 24.3 Å². The second-order valence-corrected chi connectivity index (χ2v) is 8.83. The number of rotatable bonds is 3. The van der Waals surface area contributed by atoms with Gasteiger partial charge >= 0.3 is 0 Å². The van der Waals surface area contributed by atoms with Gasteiger partial charge in [-0.05, 0) is 12.1 Å². The summed E-state index contributed by atoms with van der Waals surface area (Å²) in [7, 11) is -8.76. The molecule has 0 aromatic heterocycles. The van der Waals surface area contributed by atoms with Gasteiger partial charge in [-0.3, -0.25) is 10.1 Å². The molecule has 9 heteroatoms. The van der Waals surface area contributed by atoms with Crippen molar-refractivity contribution in [2.24, 2.45) is 0 Å². The standard InChI is InChI=1S/C7H7NO6S2/c1-15(11,12)16(13,14)7-4-2-6(3-5-7)8(9)10/h2-5H,1H3. The normalized spacial score (nSPS) is 12.3. The summed E-state index contributed by atoms with van der Waals surface area (Å²) in [5.74, 6) is 0.